The molecule has 0 spiro atoms. The van der Waals surface area contributed by atoms with Gasteiger partial charge in [-0.15, -0.1) is 0 Å². The first kappa shape index (κ1) is 19.0. The maximum Gasteiger partial charge on any atom is 0.342 e. The lowest BCUT2D eigenvalue weighted by molar-refractivity contribution is 0.423. The second-order valence-electron chi connectivity index (χ2n) is 5.77. The molecule has 0 amide bonds. The van der Waals surface area contributed by atoms with E-state index in [4.69, 9.17) is 8.60 Å². The van der Waals surface area contributed by atoms with Crippen LogP contribution in [0.15, 0.2) is 44.4 Å². The average Bonchev–Trinajstić information content (AvgIpc) is 2.58. The molecule has 3 aromatic rings. The van der Waals surface area contributed by atoms with Crippen molar-refractivity contribution in [3.8, 4) is 5.75 Å². The topological polar surface area (TPSA) is 73.6 Å². The van der Waals surface area contributed by atoms with Crippen molar-refractivity contribution in [2.24, 2.45) is 0 Å². The van der Waals surface area contributed by atoms with Gasteiger partial charge in [0.15, 0.2) is 17.5 Å². The molecule has 0 atom stereocenters. The van der Waals surface area contributed by atoms with E-state index in [1.807, 2.05) is 0 Å². The zero-order valence-electron chi connectivity index (χ0n) is 14.2. The Labute approximate surface area is 152 Å². The SMILES string of the molecule is CCc1cc2c(C)cc(=O)oc2cc1OS(=O)(=O)c1ccc(F)c(F)c1F. The summed E-state index contributed by atoms with van der Waals surface area (Å²) in [6.07, 6.45) is 0.347. The molecule has 0 aliphatic carbocycles. The fourth-order valence-electron chi connectivity index (χ4n) is 2.61. The van der Waals surface area contributed by atoms with Crippen LogP contribution < -0.4 is 9.81 Å². The summed E-state index contributed by atoms with van der Waals surface area (Å²) < 4.78 is 75.1. The molecular weight excluding hydrogens is 385 g/mol. The van der Waals surface area contributed by atoms with E-state index in [1.165, 1.54) is 12.1 Å². The Balaban J connectivity index is 2.15. The van der Waals surface area contributed by atoms with Crippen molar-refractivity contribution >= 4 is 21.1 Å². The molecule has 2 aromatic carbocycles. The van der Waals surface area contributed by atoms with Gasteiger partial charge in [-0.3, -0.25) is 0 Å². The maximum absolute atomic E-state index is 13.9. The molecule has 0 aliphatic heterocycles. The lowest BCUT2D eigenvalue weighted by atomic mass is 10.1. The highest BCUT2D eigenvalue weighted by Gasteiger charge is 2.27. The number of halogens is 3. The van der Waals surface area contributed by atoms with Gasteiger partial charge in [0.2, 0.25) is 0 Å². The van der Waals surface area contributed by atoms with Crippen molar-refractivity contribution in [3.05, 3.63) is 69.3 Å². The van der Waals surface area contributed by atoms with Crippen LogP contribution in [0.4, 0.5) is 13.2 Å². The summed E-state index contributed by atoms with van der Waals surface area (Å²) in [6.45, 7) is 3.42. The smallest absolute Gasteiger partial charge is 0.342 e. The van der Waals surface area contributed by atoms with E-state index in [-0.39, 0.29) is 11.3 Å². The standard InChI is InChI=1S/C18H13F3O5S/c1-3-10-7-11-9(2)6-16(22)25-14(11)8-13(10)26-27(23,24)15-5-4-12(19)17(20)18(15)21/h4-8H,3H2,1-2H3. The molecule has 142 valence electrons. The minimum Gasteiger partial charge on any atom is -0.423 e. The van der Waals surface area contributed by atoms with Crippen molar-refractivity contribution in [2.75, 3.05) is 0 Å². The van der Waals surface area contributed by atoms with Gasteiger partial charge in [0.25, 0.3) is 0 Å². The van der Waals surface area contributed by atoms with Gasteiger partial charge in [0.1, 0.15) is 16.2 Å². The van der Waals surface area contributed by atoms with Gasteiger partial charge >= 0.3 is 15.7 Å². The lowest BCUT2D eigenvalue weighted by Crippen LogP contribution is -2.14. The van der Waals surface area contributed by atoms with Crippen LogP contribution in [0, 0.1) is 24.4 Å². The number of benzene rings is 2. The van der Waals surface area contributed by atoms with Gasteiger partial charge in [-0.25, -0.2) is 18.0 Å². The molecule has 27 heavy (non-hydrogen) atoms. The number of hydrogen-bond acceptors (Lipinski definition) is 5. The molecule has 9 heteroatoms. The van der Waals surface area contributed by atoms with Gasteiger partial charge in [-0.2, -0.15) is 8.42 Å². The summed E-state index contributed by atoms with van der Waals surface area (Å²) in [4.78, 5) is 10.4. The largest absolute Gasteiger partial charge is 0.423 e. The third-order valence-corrected chi connectivity index (χ3v) is 5.23. The molecule has 0 aliphatic rings. The minimum absolute atomic E-state index is 0.0770. The van der Waals surface area contributed by atoms with Crippen LogP contribution in [0.5, 0.6) is 5.75 Å². The van der Waals surface area contributed by atoms with Crippen molar-refractivity contribution in [3.63, 3.8) is 0 Å². The summed E-state index contributed by atoms with van der Waals surface area (Å²) in [6, 6.07) is 5.12. The van der Waals surface area contributed by atoms with Crippen LogP contribution >= 0.6 is 0 Å². The first-order valence-electron chi connectivity index (χ1n) is 7.79. The van der Waals surface area contributed by atoms with E-state index in [2.05, 4.69) is 0 Å². The fourth-order valence-corrected chi connectivity index (χ4v) is 3.63. The quantitative estimate of drug-likeness (QED) is 0.379. The Kier molecular flexibility index (Phi) is 4.73. The van der Waals surface area contributed by atoms with Crippen molar-refractivity contribution in [1.82, 2.24) is 0 Å². The van der Waals surface area contributed by atoms with Crippen molar-refractivity contribution in [1.29, 1.82) is 0 Å². The summed E-state index contributed by atoms with van der Waals surface area (Å²) in [5.74, 6) is -5.53. The number of hydrogen-bond donors (Lipinski definition) is 0. The minimum atomic E-state index is -4.81. The molecule has 0 fully saturated rings. The second kappa shape index (κ2) is 6.73. The monoisotopic (exact) mass is 398 g/mol. The number of aryl methyl sites for hydroxylation is 2. The van der Waals surface area contributed by atoms with Crippen molar-refractivity contribution in [2.45, 2.75) is 25.2 Å². The second-order valence-corrected chi connectivity index (χ2v) is 7.28. The van der Waals surface area contributed by atoms with Crippen LogP contribution in [0.2, 0.25) is 0 Å². The highest BCUT2D eigenvalue weighted by atomic mass is 32.2. The van der Waals surface area contributed by atoms with E-state index in [9.17, 15) is 26.4 Å². The molecular formula is C18H13F3O5S. The van der Waals surface area contributed by atoms with Crippen LogP contribution in [0.25, 0.3) is 11.0 Å². The van der Waals surface area contributed by atoms with Gasteiger partial charge < -0.3 is 8.60 Å². The Morgan fingerprint density at radius 1 is 1.07 bits per heavy atom. The molecule has 0 saturated heterocycles. The Morgan fingerprint density at radius 3 is 2.44 bits per heavy atom. The van der Waals surface area contributed by atoms with Gasteiger partial charge in [0.05, 0.1) is 0 Å². The van der Waals surface area contributed by atoms with Crippen LogP contribution in [0.1, 0.15) is 18.1 Å². The molecule has 0 N–H and O–H groups in total. The van der Waals surface area contributed by atoms with Gasteiger partial charge in [-0.05, 0) is 42.7 Å². The molecule has 3 rings (SSSR count). The predicted octanol–water partition coefficient (Wildman–Crippen LogP) is 3.85. The number of rotatable bonds is 4. The molecule has 0 radical (unpaired) electrons. The summed E-state index contributed by atoms with van der Waals surface area (Å²) in [5.41, 5.74) is 0.501. The van der Waals surface area contributed by atoms with E-state index in [0.29, 0.717) is 35.1 Å². The highest BCUT2D eigenvalue weighted by Crippen LogP contribution is 2.31. The summed E-state index contributed by atoms with van der Waals surface area (Å²) >= 11 is 0. The Bertz CT molecular complexity index is 1220. The van der Waals surface area contributed by atoms with Gasteiger partial charge in [-0.1, -0.05) is 6.92 Å². The predicted molar refractivity (Wildman–Crippen MR) is 90.7 cm³/mol. The first-order valence-corrected chi connectivity index (χ1v) is 9.20. The maximum atomic E-state index is 13.9. The summed E-state index contributed by atoms with van der Waals surface area (Å²) in [7, 11) is -4.81. The zero-order chi connectivity index (χ0) is 19.9. The van der Waals surface area contributed by atoms with E-state index in [1.54, 1.807) is 19.9 Å². The van der Waals surface area contributed by atoms with E-state index < -0.39 is 38.1 Å². The fraction of sp³-hybridized carbons (Fsp3) is 0.167. The summed E-state index contributed by atoms with van der Waals surface area (Å²) in [5, 5.41) is 0.579. The third kappa shape index (κ3) is 3.42. The Hall–Kier alpha value is -2.81. The molecule has 5 nitrogen and oxygen atoms in total. The zero-order valence-corrected chi connectivity index (χ0v) is 15.0. The average molecular weight is 398 g/mol. The van der Waals surface area contributed by atoms with Crippen LogP contribution in [-0.2, 0) is 16.5 Å². The van der Waals surface area contributed by atoms with Gasteiger partial charge in [0, 0.05) is 17.5 Å². The molecule has 0 unspecified atom stereocenters. The van der Waals surface area contributed by atoms with E-state index in [0.717, 1.165) is 0 Å². The van der Waals surface area contributed by atoms with Crippen LogP contribution in [-0.4, -0.2) is 8.42 Å². The molecule has 1 aromatic heterocycles. The number of fused-ring (bicyclic) bond motifs is 1. The van der Waals surface area contributed by atoms with E-state index >= 15 is 0 Å². The first-order chi connectivity index (χ1) is 12.6. The molecule has 1 heterocycles. The lowest BCUT2D eigenvalue weighted by Gasteiger charge is -2.13. The molecule has 0 bridgehead atoms. The Morgan fingerprint density at radius 2 is 1.78 bits per heavy atom. The normalized spacial score (nSPS) is 11.7. The highest BCUT2D eigenvalue weighted by molar-refractivity contribution is 7.87. The van der Waals surface area contributed by atoms with Crippen molar-refractivity contribution < 1.29 is 30.2 Å². The third-order valence-electron chi connectivity index (χ3n) is 3.98. The molecule has 0 saturated carbocycles. The van der Waals surface area contributed by atoms with Crippen LogP contribution in [0.3, 0.4) is 0 Å².